The molecule has 2 heterocycles. The van der Waals surface area contributed by atoms with Crippen LogP contribution in [0.4, 0.5) is 0 Å². The van der Waals surface area contributed by atoms with Gasteiger partial charge in [0.15, 0.2) is 0 Å². The lowest BCUT2D eigenvalue weighted by molar-refractivity contribution is 0.231. The predicted octanol–water partition coefficient (Wildman–Crippen LogP) is 4.23. The number of aromatic nitrogens is 2. The van der Waals surface area contributed by atoms with Crippen LogP contribution < -0.4 is 0 Å². The summed E-state index contributed by atoms with van der Waals surface area (Å²) in [6, 6.07) is 0.350. The molecule has 1 unspecified atom stereocenters. The summed E-state index contributed by atoms with van der Waals surface area (Å²) in [5.41, 5.74) is 4.02. The van der Waals surface area contributed by atoms with Crippen LogP contribution >= 0.6 is 34.3 Å². The van der Waals surface area contributed by atoms with Crippen LogP contribution in [0, 0.1) is 6.92 Å². The number of alkyl halides is 1. The topological polar surface area (TPSA) is 29.0 Å². The molecule has 6 heteroatoms. The first kappa shape index (κ1) is 14.9. The number of rotatable bonds is 6. The van der Waals surface area contributed by atoms with Crippen molar-refractivity contribution in [1.82, 2.24) is 14.9 Å². The maximum atomic E-state index is 5.83. The molecule has 2 aromatic heterocycles. The Kier molecular flexibility index (Phi) is 5.33. The van der Waals surface area contributed by atoms with E-state index in [9.17, 15) is 0 Å². The van der Waals surface area contributed by atoms with Gasteiger partial charge in [0.05, 0.1) is 28.8 Å². The zero-order chi connectivity index (χ0) is 13.8. The molecule has 0 N–H and O–H groups in total. The minimum atomic E-state index is 0.350. The van der Waals surface area contributed by atoms with Crippen molar-refractivity contribution in [1.29, 1.82) is 0 Å². The molecule has 3 nitrogen and oxygen atoms in total. The number of halogens is 1. The molecule has 0 aromatic carbocycles. The molecule has 19 heavy (non-hydrogen) atoms. The summed E-state index contributed by atoms with van der Waals surface area (Å²) < 4.78 is 0. The molecule has 0 saturated carbocycles. The van der Waals surface area contributed by atoms with Crippen LogP contribution in [-0.4, -0.2) is 21.9 Å². The van der Waals surface area contributed by atoms with Gasteiger partial charge in [-0.2, -0.15) is 0 Å². The fourth-order valence-corrected chi connectivity index (χ4v) is 4.16. The number of nitrogens with zero attached hydrogens (tertiary/aromatic N) is 3. The van der Waals surface area contributed by atoms with Gasteiger partial charge < -0.3 is 0 Å². The summed E-state index contributed by atoms with van der Waals surface area (Å²) in [5, 5.41) is 3.21. The Morgan fingerprint density at radius 1 is 1.42 bits per heavy atom. The van der Waals surface area contributed by atoms with Crippen LogP contribution in [0.1, 0.15) is 40.7 Å². The lowest BCUT2D eigenvalue weighted by Crippen LogP contribution is -2.23. The van der Waals surface area contributed by atoms with E-state index in [4.69, 9.17) is 11.6 Å². The normalized spacial score (nSPS) is 13.1. The predicted molar refractivity (Wildman–Crippen MR) is 83.0 cm³/mol. The van der Waals surface area contributed by atoms with Gasteiger partial charge >= 0.3 is 0 Å². The Labute approximate surface area is 127 Å². The Hall–Kier alpha value is -0.490. The second kappa shape index (κ2) is 6.79. The lowest BCUT2D eigenvalue weighted by Gasteiger charge is -2.25. The first-order valence-electron chi connectivity index (χ1n) is 6.25. The highest BCUT2D eigenvalue weighted by atomic mass is 35.5. The first-order valence-corrected chi connectivity index (χ1v) is 8.54. The summed E-state index contributed by atoms with van der Waals surface area (Å²) in [4.78, 5) is 12.6. The number of hydrogen-bond donors (Lipinski definition) is 0. The minimum absolute atomic E-state index is 0.350. The van der Waals surface area contributed by atoms with Crippen LogP contribution in [0.5, 0.6) is 0 Å². The third-order valence-electron chi connectivity index (χ3n) is 3.15. The molecular formula is C13H18ClN3S2. The van der Waals surface area contributed by atoms with Gasteiger partial charge in [0.1, 0.15) is 5.01 Å². The van der Waals surface area contributed by atoms with Crippen molar-refractivity contribution in [3.05, 3.63) is 32.2 Å². The SMILES string of the molecule is CCC(c1nc(CCl)cs1)N(C)Cc1scnc1C. The molecule has 0 bridgehead atoms. The van der Waals surface area contributed by atoms with Gasteiger partial charge in [0.25, 0.3) is 0 Å². The van der Waals surface area contributed by atoms with E-state index < -0.39 is 0 Å². The van der Waals surface area contributed by atoms with Crippen molar-refractivity contribution < 1.29 is 0 Å². The van der Waals surface area contributed by atoms with E-state index in [2.05, 4.69) is 41.1 Å². The average Bonchev–Trinajstić information content (AvgIpc) is 3.01. The quantitative estimate of drug-likeness (QED) is 0.747. The van der Waals surface area contributed by atoms with E-state index in [1.807, 2.05) is 5.51 Å². The molecule has 0 aliphatic rings. The highest BCUT2D eigenvalue weighted by molar-refractivity contribution is 7.10. The second-order valence-corrected chi connectivity index (χ2v) is 6.61. The van der Waals surface area contributed by atoms with E-state index in [1.165, 1.54) is 4.88 Å². The maximum Gasteiger partial charge on any atom is 0.110 e. The fraction of sp³-hybridized carbons (Fsp3) is 0.538. The molecular weight excluding hydrogens is 298 g/mol. The Bertz CT molecular complexity index is 523. The monoisotopic (exact) mass is 315 g/mol. The van der Waals surface area contributed by atoms with Gasteiger partial charge in [-0.3, -0.25) is 4.90 Å². The van der Waals surface area contributed by atoms with Crippen molar-refractivity contribution >= 4 is 34.3 Å². The zero-order valence-electron chi connectivity index (χ0n) is 11.4. The Morgan fingerprint density at radius 3 is 2.74 bits per heavy atom. The smallest absolute Gasteiger partial charge is 0.110 e. The van der Waals surface area contributed by atoms with E-state index in [1.54, 1.807) is 22.7 Å². The fourth-order valence-electron chi connectivity index (χ4n) is 2.03. The van der Waals surface area contributed by atoms with Crippen molar-refractivity contribution in [3.63, 3.8) is 0 Å². The van der Waals surface area contributed by atoms with Gasteiger partial charge in [-0.1, -0.05) is 6.92 Å². The van der Waals surface area contributed by atoms with Crippen LogP contribution in [0.15, 0.2) is 10.9 Å². The number of hydrogen-bond acceptors (Lipinski definition) is 5. The maximum absolute atomic E-state index is 5.83. The third-order valence-corrected chi connectivity index (χ3v) is 5.34. The largest absolute Gasteiger partial charge is 0.292 e. The first-order chi connectivity index (χ1) is 9.15. The zero-order valence-corrected chi connectivity index (χ0v) is 13.8. The summed E-state index contributed by atoms with van der Waals surface area (Å²) in [6.45, 7) is 5.18. The van der Waals surface area contributed by atoms with Crippen LogP contribution in [0.3, 0.4) is 0 Å². The molecule has 0 spiro atoms. The van der Waals surface area contributed by atoms with Gasteiger partial charge in [-0.05, 0) is 20.4 Å². The minimum Gasteiger partial charge on any atom is -0.292 e. The summed E-state index contributed by atoms with van der Waals surface area (Å²) in [7, 11) is 2.15. The molecule has 2 aromatic rings. The molecule has 0 saturated heterocycles. The van der Waals surface area contributed by atoms with Gasteiger partial charge in [-0.25, -0.2) is 9.97 Å². The molecule has 0 radical (unpaired) electrons. The molecule has 2 rings (SSSR count). The summed E-state index contributed by atoms with van der Waals surface area (Å²) >= 11 is 9.25. The van der Waals surface area contributed by atoms with Crippen molar-refractivity contribution in [2.45, 2.75) is 38.7 Å². The Morgan fingerprint density at radius 2 is 2.21 bits per heavy atom. The van der Waals surface area contributed by atoms with E-state index in [0.29, 0.717) is 11.9 Å². The molecule has 1 atom stereocenters. The van der Waals surface area contributed by atoms with E-state index in [0.717, 1.165) is 29.4 Å². The average molecular weight is 316 g/mol. The summed E-state index contributed by atoms with van der Waals surface area (Å²) in [6.07, 6.45) is 1.05. The van der Waals surface area contributed by atoms with Crippen LogP contribution in [-0.2, 0) is 12.4 Å². The highest BCUT2D eigenvalue weighted by Gasteiger charge is 2.19. The second-order valence-electron chi connectivity index (χ2n) is 4.51. The molecule has 0 aliphatic carbocycles. The highest BCUT2D eigenvalue weighted by Crippen LogP contribution is 2.28. The van der Waals surface area contributed by atoms with Crippen molar-refractivity contribution in [2.24, 2.45) is 0 Å². The molecule has 104 valence electrons. The number of aryl methyl sites for hydroxylation is 1. The third kappa shape index (κ3) is 3.54. The van der Waals surface area contributed by atoms with Gasteiger partial charge in [0.2, 0.25) is 0 Å². The molecule has 0 fully saturated rings. The standard InChI is InChI=1S/C13H18ClN3S2/c1-4-11(13-16-10(5-14)7-18-13)17(3)6-12-9(2)15-8-19-12/h7-8,11H,4-6H2,1-3H3. The van der Waals surface area contributed by atoms with Crippen LogP contribution in [0.25, 0.3) is 0 Å². The molecule has 0 amide bonds. The number of thiazole rings is 2. The van der Waals surface area contributed by atoms with E-state index in [-0.39, 0.29) is 0 Å². The lowest BCUT2D eigenvalue weighted by atomic mass is 10.2. The van der Waals surface area contributed by atoms with Gasteiger partial charge in [0, 0.05) is 16.8 Å². The van der Waals surface area contributed by atoms with Crippen molar-refractivity contribution in [2.75, 3.05) is 7.05 Å². The Balaban J connectivity index is 2.10. The van der Waals surface area contributed by atoms with Crippen molar-refractivity contribution in [3.8, 4) is 0 Å². The van der Waals surface area contributed by atoms with E-state index >= 15 is 0 Å². The summed E-state index contributed by atoms with van der Waals surface area (Å²) in [5.74, 6) is 0.491. The van der Waals surface area contributed by atoms with Gasteiger partial charge in [-0.15, -0.1) is 34.3 Å². The molecule has 0 aliphatic heterocycles. The van der Waals surface area contributed by atoms with Crippen LogP contribution in [0.2, 0.25) is 0 Å².